The number of aromatic nitrogens is 3. The molecule has 0 N–H and O–H groups in total. The largest absolute Gasteiger partial charge is 0.247 e. The quantitative estimate of drug-likeness (QED) is 0.443. The van der Waals surface area contributed by atoms with Crippen molar-refractivity contribution in [2.45, 2.75) is 5.54 Å². The maximum Gasteiger partial charge on any atom is 0.173 e. The van der Waals surface area contributed by atoms with Gasteiger partial charge in [0.05, 0.1) is 0 Å². The molecule has 1 heterocycles. The second kappa shape index (κ2) is 8.01. The highest BCUT2D eigenvalue weighted by Gasteiger charge is 2.39. The van der Waals surface area contributed by atoms with E-state index < -0.39 is 12.2 Å². The summed E-state index contributed by atoms with van der Waals surface area (Å²) >= 11 is 0. The van der Waals surface area contributed by atoms with E-state index in [4.69, 9.17) is 5.10 Å². The maximum atomic E-state index is 12.6. The van der Waals surface area contributed by atoms with Crippen LogP contribution in [0.4, 0.5) is 4.39 Å². The van der Waals surface area contributed by atoms with Crippen LogP contribution in [0.1, 0.15) is 22.5 Å². The van der Waals surface area contributed by atoms with Crippen LogP contribution in [0.5, 0.6) is 0 Å². The monoisotopic (exact) mass is 369 g/mol. The number of halogens is 1. The van der Waals surface area contributed by atoms with Crippen molar-refractivity contribution < 1.29 is 4.39 Å². The molecule has 3 aromatic carbocycles. The summed E-state index contributed by atoms with van der Waals surface area (Å²) in [7, 11) is 0. The van der Waals surface area contributed by atoms with Gasteiger partial charge in [0.25, 0.3) is 0 Å². The molecule has 0 saturated heterocycles. The highest BCUT2D eigenvalue weighted by molar-refractivity contribution is 5.50. The molecule has 28 heavy (non-hydrogen) atoms. The van der Waals surface area contributed by atoms with E-state index in [1.165, 1.54) is 6.08 Å². The molecule has 4 aromatic rings. The smallest absolute Gasteiger partial charge is 0.173 e. The Kier molecular flexibility index (Phi) is 5.11. The van der Waals surface area contributed by atoms with Crippen LogP contribution in [0.15, 0.2) is 103 Å². The van der Waals surface area contributed by atoms with Crippen molar-refractivity contribution in [1.29, 1.82) is 0 Å². The van der Waals surface area contributed by atoms with E-state index >= 15 is 0 Å². The molecular weight excluding hydrogens is 349 g/mol. The lowest BCUT2D eigenvalue weighted by Gasteiger charge is -2.35. The van der Waals surface area contributed by atoms with Crippen LogP contribution < -0.4 is 0 Å². The molecular formula is C24H20FN3. The molecule has 0 atom stereocenters. The van der Waals surface area contributed by atoms with Crippen molar-refractivity contribution in [1.82, 2.24) is 14.8 Å². The van der Waals surface area contributed by atoms with Crippen LogP contribution >= 0.6 is 0 Å². The van der Waals surface area contributed by atoms with Crippen molar-refractivity contribution in [3.63, 3.8) is 0 Å². The number of hydrogen-bond donors (Lipinski definition) is 0. The summed E-state index contributed by atoms with van der Waals surface area (Å²) in [6.45, 7) is -0.546. The average molecular weight is 369 g/mol. The Balaban J connectivity index is 2.04. The Morgan fingerprint density at radius 2 is 1.21 bits per heavy atom. The lowest BCUT2D eigenvalue weighted by molar-refractivity contribution is 0.458. The van der Waals surface area contributed by atoms with Crippen LogP contribution in [-0.4, -0.2) is 21.4 Å². The number of alkyl halides is 1. The molecule has 0 spiro atoms. The lowest BCUT2D eigenvalue weighted by Crippen LogP contribution is -2.38. The van der Waals surface area contributed by atoms with Gasteiger partial charge in [-0.25, -0.2) is 14.1 Å². The van der Waals surface area contributed by atoms with Gasteiger partial charge in [-0.2, -0.15) is 5.10 Å². The van der Waals surface area contributed by atoms with Crippen molar-refractivity contribution >= 4 is 6.08 Å². The number of allylic oxidation sites excluding steroid dienone is 1. The highest BCUT2D eigenvalue weighted by Crippen LogP contribution is 2.40. The Bertz CT molecular complexity index is 944. The molecule has 0 fully saturated rings. The van der Waals surface area contributed by atoms with E-state index in [1.807, 2.05) is 59.3 Å². The summed E-state index contributed by atoms with van der Waals surface area (Å²) in [5.74, 6) is 0.477. The van der Waals surface area contributed by atoms with Crippen molar-refractivity contribution in [3.8, 4) is 0 Å². The summed E-state index contributed by atoms with van der Waals surface area (Å²) in [4.78, 5) is 4.39. The van der Waals surface area contributed by atoms with Crippen LogP contribution in [0.3, 0.4) is 0 Å². The minimum absolute atomic E-state index is 0.477. The van der Waals surface area contributed by atoms with Crippen LogP contribution in [0.25, 0.3) is 6.08 Å². The van der Waals surface area contributed by atoms with Gasteiger partial charge in [-0.05, 0) is 28.8 Å². The number of benzene rings is 3. The van der Waals surface area contributed by atoms with Gasteiger partial charge in [0.2, 0.25) is 0 Å². The van der Waals surface area contributed by atoms with E-state index in [0.717, 1.165) is 16.7 Å². The van der Waals surface area contributed by atoms with Gasteiger partial charge in [0.1, 0.15) is 18.5 Å². The summed E-state index contributed by atoms with van der Waals surface area (Å²) < 4.78 is 14.4. The van der Waals surface area contributed by atoms with Gasteiger partial charge in [-0.3, -0.25) is 0 Å². The predicted molar refractivity (Wildman–Crippen MR) is 110 cm³/mol. The molecule has 0 bridgehead atoms. The Morgan fingerprint density at radius 3 is 1.64 bits per heavy atom. The van der Waals surface area contributed by atoms with E-state index in [-0.39, 0.29) is 0 Å². The second-order valence-corrected chi connectivity index (χ2v) is 6.41. The standard InChI is InChI=1S/C24H20FN3/c25-18-10-17-23-26-19-28(27-23)24(20-11-4-1-5-12-20,21-13-6-2-7-14-21)22-15-8-3-9-16-22/h1-17,19H,18H2. The number of rotatable bonds is 6. The van der Waals surface area contributed by atoms with Gasteiger partial charge in [0.15, 0.2) is 5.82 Å². The normalized spacial score (nSPS) is 11.8. The third-order valence-corrected chi connectivity index (χ3v) is 4.78. The average Bonchev–Trinajstić information content (AvgIpc) is 3.24. The predicted octanol–water partition coefficient (Wildman–Crippen LogP) is 5.10. The molecule has 0 aliphatic carbocycles. The first-order valence-corrected chi connectivity index (χ1v) is 9.17. The van der Waals surface area contributed by atoms with Gasteiger partial charge in [-0.1, -0.05) is 91.0 Å². The van der Waals surface area contributed by atoms with E-state index in [9.17, 15) is 4.39 Å². The molecule has 0 unspecified atom stereocenters. The van der Waals surface area contributed by atoms with Gasteiger partial charge < -0.3 is 0 Å². The zero-order valence-electron chi connectivity index (χ0n) is 15.3. The lowest BCUT2D eigenvalue weighted by atomic mass is 9.77. The molecule has 4 rings (SSSR count). The van der Waals surface area contributed by atoms with Gasteiger partial charge >= 0.3 is 0 Å². The molecule has 0 aliphatic heterocycles. The molecule has 0 saturated carbocycles. The van der Waals surface area contributed by atoms with Gasteiger partial charge in [0, 0.05) is 0 Å². The number of hydrogen-bond acceptors (Lipinski definition) is 2. The van der Waals surface area contributed by atoms with E-state index in [2.05, 4.69) is 41.4 Å². The van der Waals surface area contributed by atoms with Crippen molar-refractivity contribution in [3.05, 3.63) is 126 Å². The van der Waals surface area contributed by atoms with Crippen LogP contribution in [0.2, 0.25) is 0 Å². The zero-order valence-corrected chi connectivity index (χ0v) is 15.3. The second-order valence-electron chi connectivity index (χ2n) is 6.41. The van der Waals surface area contributed by atoms with Gasteiger partial charge in [-0.15, -0.1) is 0 Å². The fraction of sp³-hybridized carbons (Fsp3) is 0.0833. The summed E-state index contributed by atoms with van der Waals surface area (Å²) in [6.07, 6.45) is 4.72. The first kappa shape index (κ1) is 17.9. The van der Waals surface area contributed by atoms with E-state index in [0.29, 0.717) is 5.82 Å². The highest BCUT2D eigenvalue weighted by atomic mass is 19.1. The summed E-state index contributed by atoms with van der Waals surface area (Å²) in [6, 6.07) is 30.7. The summed E-state index contributed by atoms with van der Waals surface area (Å²) in [5, 5.41) is 4.70. The zero-order chi connectivity index (χ0) is 19.2. The van der Waals surface area contributed by atoms with E-state index in [1.54, 1.807) is 12.4 Å². The molecule has 1 aromatic heterocycles. The molecule has 0 amide bonds. The first-order valence-electron chi connectivity index (χ1n) is 9.17. The number of nitrogens with zero attached hydrogens (tertiary/aromatic N) is 3. The maximum absolute atomic E-state index is 12.6. The van der Waals surface area contributed by atoms with Crippen molar-refractivity contribution in [2.75, 3.05) is 6.67 Å². The fourth-order valence-corrected chi connectivity index (χ4v) is 3.60. The fourth-order valence-electron chi connectivity index (χ4n) is 3.60. The minimum Gasteiger partial charge on any atom is -0.247 e. The summed E-state index contributed by atoms with van der Waals surface area (Å²) in [5.41, 5.74) is 2.51. The van der Waals surface area contributed by atoms with Crippen LogP contribution in [0, 0.1) is 0 Å². The Labute approximate surface area is 163 Å². The SMILES string of the molecule is FCC=Cc1ncn(C(c2ccccc2)(c2ccccc2)c2ccccc2)n1. The molecule has 3 nitrogen and oxygen atoms in total. The Hall–Kier alpha value is -3.53. The third kappa shape index (κ3) is 3.14. The molecule has 0 aliphatic rings. The molecule has 138 valence electrons. The van der Waals surface area contributed by atoms with Crippen molar-refractivity contribution in [2.24, 2.45) is 0 Å². The third-order valence-electron chi connectivity index (χ3n) is 4.78. The first-order chi connectivity index (χ1) is 13.9. The van der Waals surface area contributed by atoms with Crippen LogP contribution in [-0.2, 0) is 5.54 Å². The Morgan fingerprint density at radius 1 is 0.750 bits per heavy atom. The topological polar surface area (TPSA) is 30.7 Å². The minimum atomic E-state index is -0.696. The molecule has 0 radical (unpaired) electrons. The molecule has 4 heteroatoms.